The van der Waals surface area contributed by atoms with E-state index in [2.05, 4.69) is 6.92 Å². The minimum atomic E-state index is 1.04. The van der Waals surface area contributed by atoms with Gasteiger partial charge in [0.15, 0.2) is 0 Å². The van der Waals surface area contributed by atoms with Crippen molar-refractivity contribution < 1.29 is 5.11 Å². The number of unbranched alkanes of at least 4 members (excludes halogenated alkanes) is 16. The quantitative estimate of drug-likeness (QED) is 0.215. The molecule has 0 saturated heterocycles. The minimum absolute atomic E-state index is 1.04. The van der Waals surface area contributed by atoms with E-state index in [1.165, 1.54) is 109 Å². The molecule has 0 aromatic rings. The fourth-order valence-electron chi connectivity index (χ4n) is 2.88. The summed E-state index contributed by atoms with van der Waals surface area (Å²) in [6.07, 6.45) is 26.7. The molecule has 0 heterocycles. The predicted octanol–water partition coefficient (Wildman–Crippen LogP) is 7.71. The molecular weight excluding hydrogens is 256 g/mol. The summed E-state index contributed by atoms with van der Waals surface area (Å²) in [6, 6.07) is 0. The van der Waals surface area contributed by atoms with Gasteiger partial charge < -0.3 is 5.11 Å². The first-order valence-electron chi connectivity index (χ1n) is 9.71. The van der Waals surface area contributed by atoms with Crippen LogP contribution < -0.4 is 0 Å². The summed E-state index contributed by atoms with van der Waals surface area (Å²) in [6.45, 7) is 2.29. The van der Waals surface area contributed by atoms with Crippen LogP contribution in [0.3, 0.4) is 0 Å². The normalized spacial score (nSPS) is 11.5. The number of aliphatic hydroxyl groups is 1. The molecule has 0 atom stereocenters. The first-order valence-corrected chi connectivity index (χ1v) is 9.71. The van der Waals surface area contributed by atoms with E-state index in [-0.39, 0.29) is 0 Å². The van der Waals surface area contributed by atoms with Gasteiger partial charge >= 0.3 is 0 Å². The van der Waals surface area contributed by atoms with Crippen LogP contribution >= 0.6 is 0 Å². The highest BCUT2D eigenvalue weighted by Gasteiger charge is 1.94. The van der Waals surface area contributed by atoms with Crippen LogP contribution in [0.15, 0.2) is 12.3 Å². The number of rotatable bonds is 17. The molecule has 0 aromatic heterocycles. The fourth-order valence-corrected chi connectivity index (χ4v) is 2.88. The maximum atomic E-state index is 8.51. The van der Waals surface area contributed by atoms with Crippen molar-refractivity contribution in [3.05, 3.63) is 12.3 Å². The molecule has 0 aromatic carbocycles. The van der Waals surface area contributed by atoms with Gasteiger partial charge in [-0.05, 0) is 12.8 Å². The molecule has 0 rings (SSSR count). The Morgan fingerprint density at radius 2 is 0.857 bits per heavy atom. The van der Waals surface area contributed by atoms with Crippen molar-refractivity contribution in [1.82, 2.24) is 0 Å². The molecule has 0 fully saturated rings. The molecule has 1 nitrogen and oxygen atoms in total. The smallest absolute Gasteiger partial charge is 0.0751 e. The predicted molar refractivity (Wildman–Crippen MR) is 95.9 cm³/mol. The SMILES string of the molecule is CCCCCCCCCCCCCCCCCCC=CO. The highest BCUT2D eigenvalue weighted by molar-refractivity contribution is 4.70. The van der Waals surface area contributed by atoms with Crippen molar-refractivity contribution in [3.63, 3.8) is 0 Å². The lowest BCUT2D eigenvalue weighted by Crippen LogP contribution is -1.83. The number of aliphatic hydroxyl groups excluding tert-OH is 1. The van der Waals surface area contributed by atoms with Gasteiger partial charge in [-0.3, -0.25) is 0 Å². The summed E-state index contributed by atoms with van der Waals surface area (Å²) >= 11 is 0. The Bertz CT molecular complexity index is 198. The minimum Gasteiger partial charge on any atom is -0.516 e. The van der Waals surface area contributed by atoms with Crippen LogP contribution in [-0.2, 0) is 0 Å². The van der Waals surface area contributed by atoms with E-state index in [9.17, 15) is 0 Å². The van der Waals surface area contributed by atoms with E-state index in [4.69, 9.17) is 5.11 Å². The monoisotopic (exact) mass is 296 g/mol. The highest BCUT2D eigenvalue weighted by atomic mass is 16.2. The van der Waals surface area contributed by atoms with Gasteiger partial charge in [-0.2, -0.15) is 0 Å². The van der Waals surface area contributed by atoms with Crippen molar-refractivity contribution in [3.8, 4) is 0 Å². The van der Waals surface area contributed by atoms with Gasteiger partial charge in [-0.15, -0.1) is 0 Å². The van der Waals surface area contributed by atoms with Crippen LogP contribution in [0.1, 0.15) is 116 Å². The van der Waals surface area contributed by atoms with Gasteiger partial charge in [0.25, 0.3) is 0 Å². The highest BCUT2D eigenvalue weighted by Crippen LogP contribution is 2.13. The van der Waals surface area contributed by atoms with Gasteiger partial charge in [0, 0.05) is 0 Å². The van der Waals surface area contributed by atoms with E-state index in [1.54, 1.807) is 0 Å². The standard InChI is InChI=1S/C20H40O/c1-2-3-4-5-6-7-8-9-10-11-12-13-14-15-16-17-18-19-20-21/h19-21H,2-18H2,1H3. The molecule has 0 unspecified atom stereocenters. The van der Waals surface area contributed by atoms with Crippen LogP contribution in [0, 0.1) is 0 Å². The van der Waals surface area contributed by atoms with Gasteiger partial charge in [0.2, 0.25) is 0 Å². The third-order valence-corrected chi connectivity index (χ3v) is 4.33. The maximum Gasteiger partial charge on any atom is 0.0751 e. The van der Waals surface area contributed by atoms with E-state index < -0.39 is 0 Å². The second-order valence-corrected chi connectivity index (χ2v) is 6.48. The number of hydrogen-bond acceptors (Lipinski definition) is 1. The topological polar surface area (TPSA) is 20.2 Å². The Kier molecular flexibility index (Phi) is 19.1. The summed E-state index contributed by atoms with van der Waals surface area (Å²) in [5, 5.41) is 8.51. The van der Waals surface area contributed by atoms with Gasteiger partial charge in [0.05, 0.1) is 6.26 Å². The first kappa shape index (κ1) is 20.5. The lowest BCUT2D eigenvalue weighted by molar-refractivity contribution is 0.469. The lowest BCUT2D eigenvalue weighted by Gasteiger charge is -2.03. The molecule has 0 radical (unpaired) electrons. The summed E-state index contributed by atoms with van der Waals surface area (Å²) < 4.78 is 0. The summed E-state index contributed by atoms with van der Waals surface area (Å²) in [7, 11) is 0. The molecule has 0 bridgehead atoms. The van der Waals surface area contributed by atoms with Gasteiger partial charge in [-0.1, -0.05) is 109 Å². The molecule has 0 amide bonds. The molecule has 0 saturated carbocycles. The fraction of sp³-hybridized carbons (Fsp3) is 0.900. The Labute approximate surface area is 134 Å². The molecule has 0 aliphatic heterocycles. The van der Waals surface area contributed by atoms with E-state index in [1.807, 2.05) is 6.08 Å². The van der Waals surface area contributed by atoms with Crippen molar-refractivity contribution in [2.24, 2.45) is 0 Å². The molecular formula is C20H40O. The van der Waals surface area contributed by atoms with Gasteiger partial charge in [0.1, 0.15) is 0 Å². The average Bonchev–Trinajstić information content (AvgIpc) is 2.50. The Morgan fingerprint density at radius 1 is 0.524 bits per heavy atom. The molecule has 0 aliphatic carbocycles. The van der Waals surface area contributed by atoms with Crippen molar-refractivity contribution in [2.45, 2.75) is 116 Å². The zero-order valence-corrected chi connectivity index (χ0v) is 14.6. The second kappa shape index (κ2) is 19.5. The Balaban J connectivity index is 2.93. The molecule has 126 valence electrons. The van der Waals surface area contributed by atoms with Crippen LogP contribution in [0.2, 0.25) is 0 Å². The number of allylic oxidation sites excluding steroid dienone is 1. The zero-order chi connectivity index (χ0) is 15.4. The third kappa shape index (κ3) is 19.5. The largest absolute Gasteiger partial charge is 0.516 e. The van der Waals surface area contributed by atoms with E-state index in [0.29, 0.717) is 0 Å². The lowest BCUT2D eigenvalue weighted by atomic mass is 10.0. The molecule has 0 spiro atoms. The first-order chi connectivity index (χ1) is 10.4. The Morgan fingerprint density at radius 3 is 1.19 bits per heavy atom. The van der Waals surface area contributed by atoms with Crippen molar-refractivity contribution in [1.29, 1.82) is 0 Å². The molecule has 0 aliphatic rings. The second-order valence-electron chi connectivity index (χ2n) is 6.48. The summed E-state index contributed by atoms with van der Waals surface area (Å²) in [5.74, 6) is 0. The Hall–Kier alpha value is -0.460. The third-order valence-electron chi connectivity index (χ3n) is 4.33. The van der Waals surface area contributed by atoms with Crippen LogP contribution in [0.5, 0.6) is 0 Å². The maximum absolute atomic E-state index is 8.51. The number of hydrogen-bond donors (Lipinski definition) is 1. The van der Waals surface area contributed by atoms with Crippen molar-refractivity contribution in [2.75, 3.05) is 0 Å². The van der Waals surface area contributed by atoms with Gasteiger partial charge in [-0.25, -0.2) is 0 Å². The van der Waals surface area contributed by atoms with Crippen LogP contribution in [0.25, 0.3) is 0 Å². The van der Waals surface area contributed by atoms with Crippen LogP contribution in [-0.4, -0.2) is 5.11 Å². The van der Waals surface area contributed by atoms with Crippen LogP contribution in [0.4, 0.5) is 0 Å². The molecule has 21 heavy (non-hydrogen) atoms. The molecule has 1 heteroatoms. The molecule has 1 N–H and O–H groups in total. The van der Waals surface area contributed by atoms with Crippen molar-refractivity contribution >= 4 is 0 Å². The summed E-state index contributed by atoms with van der Waals surface area (Å²) in [4.78, 5) is 0. The van der Waals surface area contributed by atoms with E-state index in [0.717, 1.165) is 6.42 Å². The van der Waals surface area contributed by atoms with E-state index >= 15 is 0 Å². The average molecular weight is 297 g/mol. The summed E-state index contributed by atoms with van der Waals surface area (Å²) in [5.41, 5.74) is 0. The zero-order valence-electron chi connectivity index (χ0n) is 14.6.